The van der Waals surface area contributed by atoms with Crippen molar-refractivity contribution >= 4 is 5.97 Å². The standard InChI is InChI=1S/C23H22O4/c1-26-23(25)20-14-12-17(15-21(20)24)11-13-19-9-5-6-10-22(19)27-16-18-7-3-2-4-8-18/h2-10,12,14-15,24H,11,13,16H2,1H3. The largest absolute Gasteiger partial charge is 0.507 e. The first kappa shape index (κ1) is 18.5. The van der Waals surface area contributed by atoms with Crippen LogP contribution in [0.2, 0.25) is 0 Å². The fraction of sp³-hybridized carbons (Fsp3) is 0.174. The van der Waals surface area contributed by atoms with Crippen LogP contribution in [0.4, 0.5) is 0 Å². The van der Waals surface area contributed by atoms with E-state index in [1.165, 1.54) is 7.11 Å². The lowest BCUT2D eigenvalue weighted by molar-refractivity contribution is 0.0597. The average molecular weight is 362 g/mol. The van der Waals surface area contributed by atoms with Gasteiger partial charge in [0.2, 0.25) is 0 Å². The van der Waals surface area contributed by atoms with Crippen molar-refractivity contribution in [2.24, 2.45) is 0 Å². The van der Waals surface area contributed by atoms with E-state index < -0.39 is 5.97 Å². The summed E-state index contributed by atoms with van der Waals surface area (Å²) in [6.07, 6.45) is 1.49. The molecule has 0 aliphatic heterocycles. The van der Waals surface area contributed by atoms with E-state index in [2.05, 4.69) is 4.74 Å². The van der Waals surface area contributed by atoms with Crippen LogP contribution in [0.1, 0.15) is 27.0 Å². The molecular formula is C23H22O4. The molecule has 3 rings (SSSR count). The van der Waals surface area contributed by atoms with Crippen LogP contribution in [0, 0.1) is 0 Å². The average Bonchev–Trinajstić information content (AvgIpc) is 2.71. The molecule has 1 N–H and O–H groups in total. The van der Waals surface area contributed by atoms with Crippen LogP contribution in [-0.4, -0.2) is 18.2 Å². The van der Waals surface area contributed by atoms with Crippen molar-refractivity contribution in [1.29, 1.82) is 0 Å². The molecule has 0 amide bonds. The van der Waals surface area contributed by atoms with Gasteiger partial charge in [0, 0.05) is 0 Å². The van der Waals surface area contributed by atoms with Crippen LogP contribution in [0.5, 0.6) is 11.5 Å². The Balaban J connectivity index is 1.66. The maximum atomic E-state index is 11.6. The normalized spacial score (nSPS) is 10.4. The van der Waals surface area contributed by atoms with Gasteiger partial charge in [-0.2, -0.15) is 0 Å². The van der Waals surface area contributed by atoms with E-state index in [1.807, 2.05) is 60.7 Å². The van der Waals surface area contributed by atoms with E-state index in [0.29, 0.717) is 6.61 Å². The summed E-state index contributed by atoms with van der Waals surface area (Å²) in [4.78, 5) is 11.6. The van der Waals surface area contributed by atoms with E-state index in [-0.39, 0.29) is 11.3 Å². The zero-order chi connectivity index (χ0) is 19.1. The second kappa shape index (κ2) is 8.90. The number of carbonyl (C=O) groups excluding carboxylic acids is 1. The van der Waals surface area contributed by atoms with Gasteiger partial charge in [-0.05, 0) is 47.7 Å². The molecule has 3 aromatic rings. The van der Waals surface area contributed by atoms with Crippen LogP contribution >= 0.6 is 0 Å². The predicted octanol–water partition coefficient (Wildman–Crippen LogP) is 4.54. The number of esters is 1. The first-order valence-corrected chi connectivity index (χ1v) is 8.82. The van der Waals surface area contributed by atoms with Gasteiger partial charge in [-0.25, -0.2) is 4.79 Å². The van der Waals surface area contributed by atoms with Crippen molar-refractivity contribution in [3.05, 3.63) is 95.1 Å². The topological polar surface area (TPSA) is 55.8 Å². The third-order valence-corrected chi connectivity index (χ3v) is 4.36. The SMILES string of the molecule is COC(=O)c1ccc(CCc2ccccc2OCc2ccccc2)cc1O. The maximum absolute atomic E-state index is 11.6. The Hall–Kier alpha value is -3.27. The monoisotopic (exact) mass is 362 g/mol. The number of benzene rings is 3. The van der Waals surface area contributed by atoms with Crippen LogP contribution in [0.3, 0.4) is 0 Å². The number of phenols is 1. The lowest BCUT2D eigenvalue weighted by atomic mass is 10.0. The van der Waals surface area contributed by atoms with Crippen molar-refractivity contribution in [3.63, 3.8) is 0 Å². The molecule has 0 spiro atoms. The molecule has 0 radical (unpaired) electrons. The van der Waals surface area contributed by atoms with Crippen LogP contribution in [-0.2, 0) is 24.2 Å². The highest BCUT2D eigenvalue weighted by molar-refractivity contribution is 5.92. The lowest BCUT2D eigenvalue weighted by Crippen LogP contribution is -2.03. The van der Waals surface area contributed by atoms with Crippen molar-refractivity contribution in [2.45, 2.75) is 19.4 Å². The van der Waals surface area contributed by atoms with Gasteiger partial charge in [0.1, 0.15) is 23.7 Å². The summed E-state index contributed by atoms with van der Waals surface area (Å²) in [6, 6.07) is 23.0. The summed E-state index contributed by atoms with van der Waals surface area (Å²) < 4.78 is 10.6. The maximum Gasteiger partial charge on any atom is 0.341 e. The zero-order valence-corrected chi connectivity index (χ0v) is 15.2. The Morgan fingerprint density at radius 2 is 1.63 bits per heavy atom. The summed E-state index contributed by atoms with van der Waals surface area (Å²) >= 11 is 0. The number of rotatable bonds is 7. The molecule has 0 unspecified atom stereocenters. The van der Waals surface area contributed by atoms with E-state index in [4.69, 9.17) is 4.74 Å². The van der Waals surface area contributed by atoms with E-state index in [0.717, 1.165) is 35.3 Å². The van der Waals surface area contributed by atoms with Gasteiger partial charge in [-0.1, -0.05) is 54.6 Å². The summed E-state index contributed by atoms with van der Waals surface area (Å²) in [6.45, 7) is 0.520. The van der Waals surface area contributed by atoms with Gasteiger partial charge in [0.15, 0.2) is 0 Å². The first-order valence-electron chi connectivity index (χ1n) is 8.82. The fourth-order valence-corrected chi connectivity index (χ4v) is 2.88. The first-order chi connectivity index (χ1) is 13.2. The molecule has 0 fully saturated rings. The molecule has 27 heavy (non-hydrogen) atoms. The number of carbonyl (C=O) groups is 1. The smallest absolute Gasteiger partial charge is 0.341 e. The predicted molar refractivity (Wildman–Crippen MR) is 104 cm³/mol. The molecule has 0 saturated carbocycles. The lowest BCUT2D eigenvalue weighted by Gasteiger charge is -2.12. The van der Waals surface area contributed by atoms with Gasteiger partial charge in [0.05, 0.1) is 7.11 Å². The molecule has 0 saturated heterocycles. The van der Waals surface area contributed by atoms with E-state index >= 15 is 0 Å². The van der Waals surface area contributed by atoms with Gasteiger partial charge in [-0.15, -0.1) is 0 Å². The van der Waals surface area contributed by atoms with E-state index in [9.17, 15) is 9.90 Å². The summed E-state index contributed by atoms with van der Waals surface area (Å²) in [7, 11) is 1.29. The Kier molecular flexibility index (Phi) is 6.10. The molecule has 4 heteroatoms. The van der Waals surface area contributed by atoms with Crippen molar-refractivity contribution in [3.8, 4) is 11.5 Å². The number of para-hydroxylation sites is 1. The van der Waals surface area contributed by atoms with Gasteiger partial charge in [0.25, 0.3) is 0 Å². The fourth-order valence-electron chi connectivity index (χ4n) is 2.88. The number of ether oxygens (including phenoxy) is 2. The molecule has 0 atom stereocenters. The number of aromatic hydroxyl groups is 1. The molecule has 0 aromatic heterocycles. The Labute approximate surface area is 159 Å². The zero-order valence-electron chi connectivity index (χ0n) is 15.2. The Bertz CT molecular complexity index is 903. The molecule has 0 aliphatic carbocycles. The highest BCUT2D eigenvalue weighted by Crippen LogP contribution is 2.24. The number of phenolic OH excluding ortho intramolecular Hbond substituents is 1. The Morgan fingerprint density at radius 3 is 2.37 bits per heavy atom. The molecule has 0 heterocycles. The van der Waals surface area contributed by atoms with Crippen LogP contribution in [0.25, 0.3) is 0 Å². The van der Waals surface area contributed by atoms with Crippen molar-refractivity contribution < 1.29 is 19.4 Å². The number of methoxy groups -OCH3 is 1. The van der Waals surface area contributed by atoms with Crippen molar-refractivity contribution in [2.75, 3.05) is 7.11 Å². The quantitative estimate of drug-likeness (QED) is 0.627. The third-order valence-electron chi connectivity index (χ3n) is 4.36. The molecule has 0 bridgehead atoms. The number of hydrogen-bond acceptors (Lipinski definition) is 4. The highest BCUT2D eigenvalue weighted by atomic mass is 16.5. The third kappa shape index (κ3) is 4.88. The summed E-state index contributed by atoms with van der Waals surface area (Å²) in [5.74, 6) is 0.253. The molecule has 3 aromatic carbocycles. The second-order valence-corrected chi connectivity index (χ2v) is 6.23. The summed E-state index contributed by atoms with van der Waals surface area (Å²) in [5, 5.41) is 10.0. The molecule has 138 valence electrons. The van der Waals surface area contributed by atoms with Gasteiger partial charge >= 0.3 is 5.97 Å². The van der Waals surface area contributed by atoms with Crippen LogP contribution < -0.4 is 4.74 Å². The highest BCUT2D eigenvalue weighted by Gasteiger charge is 2.12. The van der Waals surface area contributed by atoms with E-state index in [1.54, 1.807) is 12.1 Å². The number of aryl methyl sites for hydroxylation is 2. The minimum atomic E-state index is -0.543. The minimum Gasteiger partial charge on any atom is -0.507 e. The van der Waals surface area contributed by atoms with Crippen LogP contribution in [0.15, 0.2) is 72.8 Å². The molecule has 0 aliphatic rings. The second-order valence-electron chi connectivity index (χ2n) is 6.23. The van der Waals surface area contributed by atoms with Gasteiger partial charge < -0.3 is 14.6 Å². The Morgan fingerprint density at radius 1 is 0.889 bits per heavy atom. The van der Waals surface area contributed by atoms with Crippen molar-refractivity contribution in [1.82, 2.24) is 0 Å². The molecule has 4 nitrogen and oxygen atoms in total. The molecular weight excluding hydrogens is 340 g/mol. The van der Waals surface area contributed by atoms with Gasteiger partial charge in [-0.3, -0.25) is 0 Å². The summed E-state index contributed by atoms with van der Waals surface area (Å²) in [5.41, 5.74) is 3.34. The number of hydrogen-bond donors (Lipinski definition) is 1. The minimum absolute atomic E-state index is 0.0621.